The molecule has 0 bridgehead atoms. The third-order valence-electron chi connectivity index (χ3n) is 6.69. The molecule has 6 heteroatoms. The van der Waals surface area contributed by atoms with Gasteiger partial charge in [0.05, 0.1) is 28.4 Å². The summed E-state index contributed by atoms with van der Waals surface area (Å²) in [6.07, 6.45) is 3.77. The molecule has 7 aromatic rings. The zero-order valence-electron chi connectivity index (χ0n) is 19.7. The Morgan fingerprint density at radius 2 is 1.71 bits per heavy atom. The van der Waals surface area contributed by atoms with Crippen molar-refractivity contribution in [2.75, 3.05) is 0 Å². The van der Waals surface area contributed by atoms with Crippen molar-refractivity contribution in [1.29, 1.82) is 0 Å². The maximum absolute atomic E-state index is 4.93. The number of benzene rings is 3. The van der Waals surface area contributed by atoms with E-state index in [0.717, 1.165) is 55.6 Å². The van der Waals surface area contributed by atoms with Crippen LogP contribution >= 0.6 is 11.3 Å². The predicted octanol–water partition coefficient (Wildman–Crippen LogP) is 7.97. The highest BCUT2D eigenvalue weighted by Crippen LogP contribution is 2.39. The van der Waals surface area contributed by atoms with E-state index in [2.05, 4.69) is 77.3 Å². The topological polar surface area (TPSA) is 70.2 Å². The monoisotopic (exact) mass is 473 g/mol. The molecule has 0 saturated heterocycles. The molecule has 0 amide bonds. The van der Waals surface area contributed by atoms with Crippen LogP contribution in [0.3, 0.4) is 0 Å². The van der Waals surface area contributed by atoms with Gasteiger partial charge in [0.2, 0.25) is 0 Å². The minimum atomic E-state index is 0.331. The Labute approximate surface area is 205 Å². The van der Waals surface area contributed by atoms with Gasteiger partial charge in [-0.25, -0.2) is 9.97 Å². The molecule has 0 aliphatic heterocycles. The van der Waals surface area contributed by atoms with Crippen molar-refractivity contribution in [3.63, 3.8) is 0 Å². The van der Waals surface area contributed by atoms with E-state index in [9.17, 15) is 0 Å². The van der Waals surface area contributed by atoms with Gasteiger partial charge in [0.25, 0.3) is 0 Å². The normalized spacial score (nSPS) is 12.1. The van der Waals surface area contributed by atoms with E-state index in [1.165, 1.54) is 20.5 Å². The number of nitrogens with one attached hydrogen (secondary N) is 2. The summed E-state index contributed by atoms with van der Waals surface area (Å²) in [5, 5.41) is 4.65. The highest BCUT2D eigenvalue weighted by atomic mass is 32.1. The summed E-state index contributed by atoms with van der Waals surface area (Å²) in [6.45, 7) is 6.31. The van der Waals surface area contributed by atoms with E-state index in [1.54, 1.807) is 0 Å². The Balaban J connectivity index is 1.42. The highest BCUT2D eigenvalue weighted by Gasteiger charge is 2.16. The molecule has 3 aromatic carbocycles. The number of aryl methyl sites for hydroxylation is 1. The Morgan fingerprint density at radius 3 is 2.54 bits per heavy atom. The quantitative estimate of drug-likeness (QED) is 0.256. The lowest BCUT2D eigenvalue weighted by atomic mass is 10.0. The highest BCUT2D eigenvalue weighted by molar-refractivity contribution is 7.22. The number of hydrogen-bond donors (Lipinski definition) is 2. The molecule has 0 radical (unpaired) electrons. The van der Waals surface area contributed by atoms with Gasteiger partial charge in [0.1, 0.15) is 11.6 Å². The molecule has 7 rings (SSSR count). The van der Waals surface area contributed by atoms with Gasteiger partial charge in [-0.3, -0.25) is 4.98 Å². The first-order valence-corrected chi connectivity index (χ1v) is 12.6. The molecule has 0 unspecified atom stereocenters. The molecule has 2 N–H and O–H groups in total. The van der Waals surface area contributed by atoms with E-state index < -0.39 is 0 Å². The summed E-state index contributed by atoms with van der Waals surface area (Å²) < 4.78 is 1.26. The van der Waals surface area contributed by atoms with E-state index in [4.69, 9.17) is 9.97 Å². The lowest BCUT2D eigenvalue weighted by Crippen LogP contribution is -1.88. The number of fused-ring (bicyclic) bond motifs is 7. The maximum Gasteiger partial charge on any atom is 0.109 e. The van der Waals surface area contributed by atoms with E-state index in [-0.39, 0.29) is 0 Å². The molecule has 0 atom stereocenters. The second-order valence-electron chi connectivity index (χ2n) is 9.41. The number of imidazole rings is 2. The smallest absolute Gasteiger partial charge is 0.109 e. The Hall–Kier alpha value is -4.03. The van der Waals surface area contributed by atoms with Crippen molar-refractivity contribution < 1.29 is 0 Å². The number of aromatic nitrogens is 5. The first kappa shape index (κ1) is 20.4. The van der Waals surface area contributed by atoms with E-state index >= 15 is 0 Å². The van der Waals surface area contributed by atoms with Crippen LogP contribution in [0.15, 0.2) is 67.0 Å². The molecule has 0 fully saturated rings. The summed E-state index contributed by atoms with van der Waals surface area (Å²) in [4.78, 5) is 22.2. The Kier molecular flexibility index (Phi) is 4.35. The van der Waals surface area contributed by atoms with Crippen LogP contribution in [-0.4, -0.2) is 24.9 Å². The molecule has 4 heterocycles. The predicted molar refractivity (Wildman–Crippen MR) is 146 cm³/mol. The van der Waals surface area contributed by atoms with Crippen LogP contribution < -0.4 is 0 Å². The van der Waals surface area contributed by atoms with Gasteiger partial charge in [-0.15, -0.1) is 11.3 Å². The van der Waals surface area contributed by atoms with Crippen molar-refractivity contribution in [3.8, 4) is 21.7 Å². The summed E-state index contributed by atoms with van der Waals surface area (Å²) in [5.41, 5.74) is 6.49. The van der Waals surface area contributed by atoms with Gasteiger partial charge in [-0.2, -0.15) is 0 Å². The lowest BCUT2D eigenvalue weighted by molar-refractivity contribution is 0.799. The van der Waals surface area contributed by atoms with Crippen LogP contribution in [0.5, 0.6) is 0 Å². The standard InChI is InChI=1S/C29H23N5S/c1-15(2)29-33-27-20-9-8-18(11-22(20)26-21(28(27)34-29)5-4-10-30-26)25-13-19-7-6-17(12-24(19)35-25)23-14-31-16(3)32-23/h4-15H,1-3H3,(H,31,32)(H,33,34). The number of thiophene rings is 1. The molecule has 0 aliphatic carbocycles. The molecule has 0 spiro atoms. The Bertz CT molecular complexity index is 1900. The van der Waals surface area contributed by atoms with Gasteiger partial charge < -0.3 is 9.97 Å². The third kappa shape index (κ3) is 3.17. The first-order chi connectivity index (χ1) is 17.0. The average Bonchev–Trinajstić information content (AvgIpc) is 3.61. The zero-order chi connectivity index (χ0) is 23.7. The third-order valence-corrected chi connectivity index (χ3v) is 7.84. The number of rotatable bonds is 3. The zero-order valence-corrected chi connectivity index (χ0v) is 20.5. The van der Waals surface area contributed by atoms with E-state index in [1.807, 2.05) is 36.7 Å². The molecular formula is C29H23N5S. The Morgan fingerprint density at radius 1 is 0.829 bits per heavy atom. The number of aromatic amines is 2. The number of H-pyrrole nitrogens is 2. The molecule has 5 nitrogen and oxygen atoms in total. The molecule has 0 saturated carbocycles. The molecule has 35 heavy (non-hydrogen) atoms. The van der Waals surface area contributed by atoms with Crippen molar-refractivity contribution in [3.05, 3.63) is 78.6 Å². The first-order valence-electron chi connectivity index (χ1n) is 11.8. The molecule has 4 aromatic heterocycles. The van der Waals surface area contributed by atoms with Crippen LogP contribution in [0.2, 0.25) is 0 Å². The van der Waals surface area contributed by atoms with Crippen LogP contribution in [0.25, 0.3) is 64.5 Å². The van der Waals surface area contributed by atoms with Crippen LogP contribution in [0.1, 0.15) is 31.4 Å². The van der Waals surface area contributed by atoms with Gasteiger partial charge in [-0.05, 0) is 48.2 Å². The number of pyridine rings is 1. The number of nitrogens with zero attached hydrogens (tertiary/aromatic N) is 3. The van der Waals surface area contributed by atoms with Crippen LogP contribution in [-0.2, 0) is 0 Å². The van der Waals surface area contributed by atoms with E-state index in [0.29, 0.717) is 5.92 Å². The van der Waals surface area contributed by atoms with Gasteiger partial charge in [0, 0.05) is 43.4 Å². The van der Waals surface area contributed by atoms with Crippen molar-refractivity contribution in [2.45, 2.75) is 26.7 Å². The molecule has 170 valence electrons. The fraction of sp³-hybridized carbons (Fsp3) is 0.138. The minimum absolute atomic E-state index is 0.331. The SMILES string of the molecule is Cc1ncc(-c2ccc3cc(-c4ccc5c(c4)c4ncccc4c4nc(C(C)C)[nH]c54)sc3c2)[nH]1. The second-order valence-corrected chi connectivity index (χ2v) is 10.5. The van der Waals surface area contributed by atoms with Gasteiger partial charge in [-0.1, -0.05) is 38.1 Å². The van der Waals surface area contributed by atoms with Crippen LogP contribution in [0.4, 0.5) is 0 Å². The second kappa shape index (κ2) is 7.48. The van der Waals surface area contributed by atoms with Crippen molar-refractivity contribution in [1.82, 2.24) is 24.9 Å². The summed E-state index contributed by atoms with van der Waals surface area (Å²) in [5.74, 6) is 2.27. The van der Waals surface area contributed by atoms with Gasteiger partial charge >= 0.3 is 0 Å². The molecule has 0 aliphatic rings. The van der Waals surface area contributed by atoms with Crippen molar-refractivity contribution in [2.24, 2.45) is 0 Å². The minimum Gasteiger partial charge on any atom is -0.342 e. The van der Waals surface area contributed by atoms with Crippen molar-refractivity contribution >= 4 is 54.1 Å². The summed E-state index contributed by atoms with van der Waals surface area (Å²) >= 11 is 1.82. The fourth-order valence-corrected chi connectivity index (χ4v) is 5.98. The van der Waals surface area contributed by atoms with Crippen LogP contribution in [0, 0.1) is 6.92 Å². The largest absolute Gasteiger partial charge is 0.342 e. The molecular weight excluding hydrogens is 450 g/mol. The number of hydrogen-bond acceptors (Lipinski definition) is 4. The lowest BCUT2D eigenvalue weighted by Gasteiger charge is -2.07. The summed E-state index contributed by atoms with van der Waals surface area (Å²) in [6, 6.07) is 19.7. The summed E-state index contributed by atoms with van der Waals surface area (Å²) in [7, 11) is 0. The average molecular weight is 474 g/mol. The fourth-order valence-electron chi connectivity index (χ4n) is 4.89. The van der Waals surface area contributed by atoms with Gasteiger partial charge in [0.15, 0.2) is 0 Å². The maximum atomic E-state index is 4.93.